The van der Waals surface area contributed by atoms with E-state index in [-0.39, 0.29) is 11.7 Å². The average molecular weight is 469 g/mol. The molecule has 4 rings (SSSR count). The SMILES string of the molecule is COc1cccc(CNC(=O)CSc2ccc(-c3sc(-c4cccs4)nc3C)nn2)c1. The number of nitrogens with one attached hydrogen (secondary N) is 1. The Morgan fingerprint density at radius 2 is 2.06 bits per heavy atom. The van der Waals surface area contributed by atoms with Crippen LogP contribution in [0.4, 0.5) is 0 Å². The number of hydrogen-bond donors (Lipinski definition) is 1. The van der Waals surface area contributed by atoms with Crippen LogP contribution < -0.4 is 10.1 Å². The van der Waals surface area contributed by atoms with Gasteiger partial charge in [-0.15, -0.1) is 32.9 Å². The van der Waals surface area contributed by atoms with Gasteiger partial charge in [0.25, 0.3) is 0 Å². The minimum absolute atomic E-state index is 0.0578. The summed E-state index contributed by atoms with van der Waals surface area (Å²) in [5.74, 6) is 0.993. The second kappa shape index (κ2) is 10.0. The van der Waals surface area contributed by atoms with Crippen molar-refractivity contribution in [3.05, 3.63) is 65.2 Å². The summed E-state index contributed by atoms with van der Waals surface area (Å²) < 4.78 is 5.20. The maximum absolute atomic E-state index is 12.2. The van der Waals surface area contributed by atoms with E-state index in [2.05, 4.69) is 26.6 Å². The van der Waals surface area contributed by atoms with E-state index in [1.165, 1.54) is 11.8 Å². The molecular weight excluding hydrogens is 448 g/mol. The fourth-order valence-corrected chi connectivity index (χ4v) is 5.30. The number of thioether (sulfide) groups is 1. The summed E-state index contributed by atoms with van der Waals surface area (Å²) in [6.45, 7) is 2.44. The van der Waals surface area contributed by atoms with Crippen LogP contribution in [0.5, 0.6) is 5.75 Å². The van der Waals surface area contributed by atoms with E-state index < -0.39 is 0 Å². The number of hydrogen-bond acceptors (Lipinski definition) is 8. The Morgan fingerprint density at radius 1 is 1.16 bits per heavy atom. The number of ether oxygens (including phenoxy) is 1. The van der Waals surface area contributed by atoms with E-state index in [1.807, 2.05) is 54.8 Å². The fraction of sp³-hybridized carbons (Fsp3) is 0.182. The van der Waals surface area contributed by atoms with Gasteiger partial charge < -0.3 is 10.1 Å². The second-order valence-corrected chi connectivity index (χ2v) is 9.53. The molecule has 0 saturated heterocycles. The highest BCUT2D eigenvalue weighted by atomic mass is 32.2. The van der Waals surface area contributed by atoms with Crippen LogP contribution in [-0.2, 0) is 11.3 Å². The van der Waals surface area contributed by atoms with Crippen molar-refractivity contribution in [2.45, 2.75) is 18.5 Å². The van der Waals surface area contributed by atoms with E-state index in [9.17, 15) is 4.79 Å². The molecule has 1 N–H and O–H groups in total. The largest absolute Gasteiger partial charge is 0.497 e. The van der Waals surface area contributed by atoms with Crippen LogP contribution in [0.15, 0.2) is 58.9 Å². The second-order valence-electron chi connectivity index (χ2n) is 6.58. The van der Waals surface area contributed by atoms with Crippen molar-refractivity contribution in [1.29, 1.82) is 0 Å². The summed E-state index contributed by atoms with van der Waals surface area (Å²) in [4.78, 5) is 19.0. The first-order valence-corrected chi connectivity index (χ1v) is 12.2. The lowest BCUT2D eigenvalue weighted by Gasteiger charge is -2.07. The number of carbonyl (C=O) groups is 1. The number of nitrogens with zero attached hydrogens (tertiary/aromatic N) is 3. The van der Waals surface area contributed by atoms with Crippen molar-refractivity contribution >= 4 is 40.3 Å². The van der Waals surface area contributed by atoms with Crippen LogP contribution in [0.1, 0.15) is 11.3 Å². The number of thiophene rings is 1. The van der Waals surface area contributed by atoms with E-state index in [4.69, 9.17) is 4.74 Å². The lowest BCUT2D eigenvalue weighted by atomic mass is 10.2. The summed E-state index contributed by atoms with van der Waals surface area (Å²) in [5, 5.41) is 15.3. The van der Waals surface area contributed by atoms with Crippen molar-refractivity contribution < 1.29 is 9.53 Å². The molecule has 9 heteroatoms. The van der Waals surface area contributed by atoms with Gasteiger partial charge in [-0.3, -0.25) is 4.79 Å². The summed E-state index contributed by atoms with van der Waals surface area (Å²) in [5.41, 5.74) is 2.73. The van der Waals surface area contributed by atoms with Crippen molar-refractivity contribution in [3.8, 4) is 26.2 Å². The average Bonchev–Trinajstić information content (AvgIpc) is 3.47. The van der Waals surface area contributed by atoms with E-state index in [0.717, 1.165) is 37.5 Å². The molecule has 3 heterocycles. The Labute approximate surface area is 192 Å². The highest BCUT2D eigenvalue weighted by Gasteiger charge is 2.14. The normalized spacial score (nSPS) is 10.8. The highest BCUT2D eigenvalue weighted by molar-refractivity contribution is 7.99. The maximum atomic E-state index is 12.2. The topological polar surface area (TPSA) is 77.0 Å². The zero-order valence-corrected chi connectivity index (χ0v) is 19.4. The number of aryl methyl sites for hydroxylation is 1. The third-order valence-corrected chi connectivity index (χ3v) is 7.52. The summed E-state index contributed by atoms with van der Waals surface area (Å²) in [6, 6.07) is 15.6. The minimum atomic E-state index is -0.0578. The standard InChI is InChI=1S/C22H20N4O2S3/c1-14-21(31-22(24-14)18-7-4-10-29-18)17-8-9-20(26-25-17)30-13-19(27)23-12-15-5-3-6-16(11-15)28-2/h3-11H,12-13H2,1-2H3,(H,23,27). The van der Waals surface area contributed by atoms with Crippen molar-refractivity contribution in [1.82, 2.24) is 20.5 Å². The first kappa shape index (κ1) is 21.5. The fourth-order valence-electron chi connectivity index (χ4n) is 2.83. The Balaban J connectivity index is 1.32. The smallest absolute Gasteiger partial charge is 0.230 e. The Bertz CT molecular complexity index is 1160. The highest BCUT2D eigenvalue weighted by Crippen LogP contribution is 2.36. The molecule has 3 aromatic heterocycles. The monoisotopic (exact) mass is 468 g/mol. The minimum Gasteiger partial charge on any atom is -0.497 e. The molecule has 1 aromatic carbocycles. The Hall–Kier alpha value is -2.75. The lowest BCUT2D eigenvalue weighted by molar-refractivity contribution is -0.118. The van der Waals surface area contributed by atoms with Crippen molar-refractivity contribution in [2.75, 3.05) is 12.9 Å². The summed E-state index contributed by atoms with van der Waals surface area (Å²) >= 11 is 4.65. The van der Waals surface area contributed by atoms with Gasteiger partial charge in [-0.1, -0.05) is 30.0 Å². The molecule has 0 bridgehead atoms. The molecule has 4 aromatic rings. The molecule has 1 amide bonds. The van der Waals surface area contributed by atoms with Gasteiger partial charge in [0.15, 0.2) is 0 Å². The Kier molecular flexibility index (Phi) is 6.96. The van der Waals surface area contributed by atoms with Crippen LogP contribution >= 0.6 is 34.4 Å². The first-order valence-electron chi connectivity index (χ1n) is 9.50. The number of rotatable bonds is 8. The molecule has 6 nitrogen and oxygen atoms in total. The van der Waals surface area contributed by atoms with Gasteiger partial charge in [0, 0.05) is 6.54 Å². The third kappa shape index (κ3) is 5.49. The molecule has 158 valence electrons. The van der Waals surface area contributed by atoms with Gasteiger partial charge in [-0.05, 0) is 48.2 Å². The predicted octanol–water partition coefficient (Wildman–Crippen LogP) is 5.05. The summed E-state index contributed by atoms with van der Waals surface area (Å²) in [6.07, 6.45) is 0. The molecule has 0 radical (unpaired) electrons. The number of benzene rings is 1. The first-order chi connectivity index (χ1) is 15.1. The van der Waals surface area contributed by atoms with Gasteiger partial charge in [0.1, 0.15) is 21.5 Å². The molecule has 0 aliphatic carbocycles. The zero-order chi connectivity index (χ0) is 21.6. The third-order valence-electron chi connectivity index (χ3n) is 4.38. The van der Waals surface area contributed by atoms with Gasteiger partial charge in [-0.2, -0.15) is 0 Å². The zero-order valence-electron chi connectivity index (χ0n) is 17.0. The maximum Gasteiger partial charge on any atom is 0.230 e. The molecule has 31 heavy (non-hydrogen) atoms. The lowest BCUT2D eigenvalue weighted by Crippen LogP contribution is -2.24. The van der Waals surface area contributed by atoms with Crippen LogP contribution in [0.25, 0.3) is 20.5 Å². The Morgan fingerprint density at radius 3 is 2.81 bits per heavy atom. The predicted molar refractivity (Wildman–Crippen MR) is 127 cm³/mol. The molecule has 0 spiro atoms. The molecule has 0 saturated carbocycles. The number of aromatic nitrogens is 3. The van der Waals surface area contributed by atoms with Crippen LogP contribution in [0, 0.1) is 6.92 Å². The molecule has 0 fully saturated rings. The number of thiazole rings is 1. The van der Waals surface area contributed by atoms with E-state index in [1.54, 1.807) is 29.8 Å². The van der Waals surface area contributed by atoms with Crippen molar-refractivity contribution in [3.63, 3.8) is 0 Å². The van der Waals surface area contributed by atoms with E-state index in [0.29, 0.717) is 11.6 Å². The summed E-state index contributed by atoms with van der Waals surface area (Å²) in [7, 11) is 1.62. The number of carbonyl (C=O) groups excluding carboxylic acids is 1. The molecule has 0 aliphatic heterocycles. The number of amides is 1. The molecule has 0 unspecified atom stereocenters. The van der Waals surface area contributed by atoms with Gasteiger partial charge in [-0.25, -0.2) is 4.98 Å². The molecular formula is C22H20N4O2S3. The van der Waals surface area contributed by atoms with Crippen LogP contribution in [0.2, 0.25) is 0 Å². The van der Waals surface area contributed by atoms with Gasteiger partial charge in [0.2, 0.25) is 5.91 Å². The van der Waals surface area contributed by atoms with Gasteiger partial charge >= 0.3 is 0 Å². The molecule has 0 aliphatic rings. The number of methoxy groups -OCH3 is 1. The molecule has 0 atom stereocenters. The van der Waals surface area contributed by atoms with Gasteiger partial charge in [0.05, 0.1) is 28.3 Å². The van der Waals surface area contributed by atoms with E-state index >= 15 is 0 Å². The van der Waals surface area contributed by atoms with Crippen LogP contribution in [0.3, 0.4) is 0 Å². The van der Waals surface area contributed by atoms with Crippen LogP contribution in [-0.4, -0.2) is 34.0 Å². The quantitative estimate of drug-likeness (QED) is 0.365. The van der Waals surface area contributed by atoms with Crippen molar-refractivity contribution in [2.24, 2.45) is 0 Å².